The number of piperidine rings is 1. The van der Waals surface area contributed by atoms with Crippen LogP contribution in [0.25, 0.3) is 0 Å². The van der Waals surface area contributed by atoms with Crippen molar-refractivity contribution in [2.45, 2.75) is 59.7 Å². The molecular weight excluding hydrogens is 466 g/mol. The number of rotatable bonds is 9. The number of aromatic nitrogens is 1. The lowest BCUT2D eigenvalue weighted by molar-refractivity contribution is -0.149. The lowest BCUT2D eigenvalue weighted by Gasteiger charge is -2.31. The molecule has 2 aromatic carbocycles. The smallest absolute Gasteiger partial charge is 0.310 e. The predicted molar refractivity (Wildman–Crippen MR) is 142 cm³/mol. The molecule has 1 aliphatic heterocycles. The summed E-state index contributed by atoms with van der Waals surface area (Å²) in [7, 11) is 0. The van der Waals surface area contributed by atoms with E-state index in [2.05, 4.69) is 61.0 Å². The van der Waals surface area contributed by atoms with Crippen molar-refractivity contribution in [2.75, 3.05) is 19.7 Å². The van der Waals surface area contributed by atoms with Crippen LogP contribution >= 0.6 is 0 Å². The molecule has 4 rings (SSSR count). The van der Waals surface area contributed by atoms with Gasteiger partial charge >= 0.3 is 5.97 Å². The first-order chi connectivity index (χ1) is 17.9. The van der Waals surface area contributed by atoms with Gasteiger partial charge in [-0.25, -0.2) is 4.98 Å². The van der Waals surface area contributed by atoms with E-state index in [1.165, 1.54) is 28.5 Å². The number of esters is 1. The van der Waals surface area contributed by atoms with Gasteiger partial charge in [0.1, 0.15) is 6.26 Å². The maximum absolute atomic E-state index is 13.2. The maximum atomic E-state index is 13.2. The van der Waals surface area contributed by atoms with Crippen molar-refractivity contribution in [3.63, 3.8) is 0 Å². The van der Waals surface area contributed by atoms with E-state index in [1.54, 1.807) is 11.8 Å². The molecule has 0 saturated carbocycles. The average molecular weight is 504 g/mol. The Labute approximate surface area is 219 Å². The minimum Gasteiger partial charge on any atom is -0.466 e. The van der Waals surface area contributed by atoms with Gasteiger partial charge in [0.2, 0.25) is 5.89 Å². The zero-order chi connectivity index (χ0) is 26.4. The predicted octanol–water partition coefficient (Wildman–Crippen LogP) is 5.47. The summed E-state index contributed by atoms with van der Waals surface area (Å²) in [6.07, 6.45) is 2.93. The third-order valence-corrected chi connectivity index (χ3v) is 7.15. The largest absolute Gasteiger partial charge is 0.466 e. The fourth-order valence-corrected chi connectivity index (χ4v) is 4.89. The van der Waals surface area contributed by atoms with Gasteiger partial charge in [0.15, 0.2) is 5.69 Å². The Morgan fingerprint density at radius 1 is 1.16 bits per heavy atom. The number of carbonyl (C=O) groups is 2. The fraction of sp³-hybridized carbons (Fsp3) is 0.433. The monoisotopic (exact) mass is 503 g/mol. The normalized spacial score (nSPS) is 16.6. The molecule has 7 heteroatoms. The number of oxazole rings is 1. The van der Waals surface area contributed by atoms with Crippen molar-refractivity contribution in [1.29, 1.82) is 0 Å². The van der Waals surface area contributed by atoms with Crippen LogP contribution in [0.1, 0.15) is 71.4 Å². The second-order valence-electron chi connectivity index (χ2n) is 9.89. The summed E-state index contributed by atoms with van der Waals surface area (Å²) in [6.45, 7) is 10.7. The van der Waals surface area contributed by atoms with Gasteiger partial charge in [-0.05, 0) is 57.2 Å². The highest BCUT2D eigenvalue weighted by molar-refractivity contribution is 5.92. The second kappa shape index (κ2) is 12.2. The Balaban J connectivity index is 1.51. The van der Waals surface area contributed by atoms with Crippen LogP contribution in [0.2, 0.25) is 0 Å². The lowest BCUT2D eigenvalue weighted by Crippen LogP contribution is -2.43. The van der Waals surface area contributed by atoms with Crippen LogP contribution in [-0.2, 0) is 22.6 Å². The van der Waals surface area contributed by atoms with Crippen molar-refractivity contribution in [3.8, 4) is 0 Å². The van der Waals surface area contributed by atoms with E-state index >= 15 is 0 Å². The van der Waals surface area contributed by atoms with Gasteiger partial charge in [0.05, 0.1) is 19.1 Å². The van der Waals surface area contributed by atoms with Gasteiger partial charge in [0, 0.05) is 25.7 Å². The van der Waals surface area contributed by atoms with Crippen LogP contribution in [0.15, 0.2) is 59.2 Å². The molecule has 2 heterocycles. The first-order valence-corrected chi connectivity index (χ1v) is 13.1. The highest BCUT2D eigenvalue weighted by atomic mass is 16.5. The van der Waals surface area contributed by atoms with E-state index in [1.807, 2.05) is 18.2 Å². The van der Waals surface area contributed by atoms with Crippen molar-refractivity contribution < 1.29 is 18.7 Å². The van der Waals surface area contributed by atoms with Gasteiger partial charge in [0.25, 0.3) is 5.91 Å². The lowest BCUT2D eigenvalue weighted by atomic mass is 9.98. The molecule has 2 atom stereocenters. The molecule has 1 aliphatic rings. The van der Waals surface area contributed by atoms with Crippen molar-refractivity contribution in [1.82, 2.24) is 14.8 Å². The van der Waals surface area contributed by atoms with E-state index < -0.39 is 0 Å². The van der Waals surface area contributed by atoms with E-state index in [4.69, 9.17) is 9.15 Å². The topological polar surface area (TPSA) is 75.9 Å². The zero-order valence-corrected chi connectivity index (χ0v) is 22.3. The van der Waals surface area contributed by atoms with Crippen molar-refractivity contribution in [2.24, 2.45) is 5.92 Å². The molecule has 37 heavy (non-hydrogen) atoms. The summed E-state index contributed by atoms with van der Waals surface area (Å²) >= 11 is 0. The van der Waals surface area contributed by atoms with Crippen molar-refractivity contribution >= 4 is 11.9 Å². The van der Waals surface area contributed by atoms with Crippen LogP contribution in [0.4, 0.5) is 0 Å². The number of likely N-dealkylation sites (tertiary alicyclic amines) is 1. The summed E-state index contributed by atoms with van der Waals surface area (Å²) in [5.74, 6) is -0.238. The SMILES string of the molecule is CCOC(=O)[C@@H]1CCCN(C(=O)c2coc(CN(Cc3cc(C)ccc3C)[C@@H](C)c3ccccc3)n2)C1. The standard InChI is InChI=1S/C30H37N3O4/c1-5-36-30(35)25-12-9-15-32(17-25)29(34)27-20-37-28(31-27)19-33(23(4)24-10-7-6-8-11-24)18-26-16-21(2)13-14-22(26)3/h6-8,10-11,13-14,16,20,23,25H,5,9,12,15,17-19H2,1-4H3/t23-,25+/m0/s1. The number of aryl methyl sites for hydroxylation is 2. The molecule has 0 N–H and O–H groups in total. The molecule has 0 radical (unpaired) electrons. The van der Waals surface area contributed by atoms with Crippen LogP contribution in [0.5, 0.6) is 0 Å². The molecule has 1 fully saturated rings. The summed E-state index contributed by atoms with van der Waals surface area (Å²) in [5.41, 5.74) is 5.19. The molecule has 7 nitrogen and oxygen atoms in total. The molecule has 0 unspecified atom stereocenters. The number of hydrogen-bond acceptors (Lipinski definition) is 6. The number of nitrogens with zero attached hydrogens (tertiary/aromatic N) is 3. The summed E-state index contributed by atoms with van der Waals surface area (Å²) in [4.78, 5) is 34.0. The van der Waals surface area contributed by atoms with Gasteiger partial charge < -0.3 is 14.1 Å². The summed E-state index contributed by atoms with van der Waals surface area (Å²) < 4.78 is 11.0. The van der Waals surface area contributed by atoms with Crippen LogP contribution in [-0.4, -0.2) is 46.4 Å². The Hall–Kier alpha value is -3.45. The Morgan fingerprint density at radius 2 is 1.95 bits per heavy atom. The van der Waals surface area contributed by atoms with E-state index in [0.717, 1.165) is 19.4 Å². The van der Waals surface area contributed by atoms with Crippen LogP contribution in [0, 0.1) is 19.8 Å². The third kappa shape index (κ3) is 6.66. The number of carbonyl (C=O) groups excluding carboxylic acids is 2. The summed E-state index contributed by atoms with van der Waals surface area (Å²) in [5, 5.41) is 0. The number of ether oxygens (including phenoxy) is 1. The molecule has 3 aromatic rings. The zero-order valence-electron chi connectivity index (χ0n) is 22.3. The molecular formula is C30H37N3O4. The molecule has 0 aliphatic carbocycles. The van der Waals surface area contributed by atoms with Crippen LogP contribution < -0.4 is 0 Å². The van der Waals surface area contributed by atoms with Crippen molar-refractivity contribution in [3.05, 3.63) is 88.6 Å². The molecule has 196 valence electrons. The maximum Gasteiger partial charge on any atom is 0.310 e. The fourth-order valence-electron chi connectivity index (χ4n) is 4.89. The summed E-state index contributed by atoms with van der Waals surface area (Å²) in [6, 6.07) is 17.0. The molecule has 0 spiro atoms. The molecule has 1 saturated heterocycles. The second-order valence-corrected chi connectivity index (χ2v) is 9.89. The quantitative estimate of drug-likeness (QED) is 0.361. The first-order valence-electron chi connectivity index (χ1n) is 13.1. The molecule has 0 bridgehead atoms. The number of amides is 1. The van der Waals surface area contributed by atoms with E-state index in [-0.39, 0.29) is 29.5 Å². The third-order valence-electron chi connectivity index (χ3n) is 7.15. The Morgan fingerprint density at radius 3 is 2.70 bits per heavy atom. The number of benzene rings is 2. The Kier molecular flexibility index (Phi) is 8.77. The van der Waals surface area contributed by atoms with Crippen LogP contribution in [0.3, 0.4) is 0 Å². The van der Waals surface area contributed by atoms with E-state index in [9.17, 15) is 9.59 Å². The minimum atomic E-state index is -0.288. The van der Waals surface area contributed by atoms with Gasteiger partial charge in [-0.3, -0.25) is 14.5 Å². The molecule has 1 aromatic heterocycles. The first kappa shape index (κ1) is 26.6. The highest BCUT2D eigenvalue weighted by Gasteiger charge is 2.31. The molecule has 1 amide bonds. The van der Waals surface area contributed by atoms with Gasteiger partial charge in [-0.15, -0.1) is 0 Å². The minimum absolute atomic E-state index is 0.111. The number of hydrogen-bond donors (Lipinski definition) is 0. The Bertz CT molecular complexity index is 1210. The van der Waals surface area contributed by atoms with E-state index in [0.29, 0.717) is 32.1 Å². The van der Waals surface area contributed by atoms with Gasteiger partial charge in [-0.2, -0.15) is 0 Å². The van der Waals surface area contributed by atoms with Gasteiger partial charge in [-0.1, -0.05) is 54.1 Å². The average Bonchev–Trinajstić information content (AvgIpc) is 3.38. The highest BCUT2D eigenvalue weighted by Crippen LogP contribution is 2.26.